The Morgan fingerprint density at radius 2 is 1.96 bits per heavy atom. The van der Waals surface area contributed by atoms with Crippen LogP contribution < -0.4 is 21.2 Å². The summed E-state index contributed by atoms with van der Waals surface area (Å²) in [6.07, 6.45) is 1.44. The van der Waals surface area contributed by atoms with Gasteiger partial charge in [0.1, 0.15) is 11.4 Å². The van der Waals surface area contributed by atoms with Gasteiger partial charge in [-0.1, -0.05) is 0 Å². The number of hydrogen-bond acceptors (Lipinski definition) is 6. The summed E-state index contributed by atoms with van der Waals surface area (Å²) >= 11 is 0. The Morgan fingerprint density at radius 1 is 1.19 bits per heavy atom. The van der Waals surface area contributed by atoms with E-state index in [9.17, 15) is 14.4 Å². The van der Waals surface area contributed by atoms with Crippen LogP contribution in [0.5, 0.6) is 5.75 Å². The summed E-state index contributed by atoms with van der Waals surface area (Å²) in [6.45, 7) is 0.465. The van der Waals surface area contributed by atoms with Crippen molar-refractivity contribution in [3.05, 3.63) is 75.2 Å². The van der Waals surface area contributed by atoms with Gasteiger partial charge in [-0.3, -0.25) is 19.0 Å². The minimum Gasteiger partial charge on any atom is -0.497 e. The summed E-state index contributed by atoms with van der Waals surface area (Å²) in [7, 11) is 1.58. The molecule has 0 atom stereocenters. The van der Waals surface area contributed by atoms with Gasteiger partial charge in [-0.15, -0.1) is 0 Å². The Balaban J connectivity index is 1.62. The monoisotopic (exact) mass is 367 g/mol. The first-order chi connectivity index (χ1) is 13.1. The van der Waals surface area contributed by atoms with E-state index in [2.05, 4.69) is 20.5 Å². The van der Waals surface area contributed by atoms with Crippen molar-refractivity contribution in [3.8, 4) is 17.0 Å². The maximum atomic E-state index is 12.3. The highest BCUT2D eigenvalue weighted by Gasteiger charge is 2.07. The van der Waals surface area contributed by atoms with Crippen LogP contribution in [-0.4, -0.2) is 39.3 Å². The highest BCUT2D eigenvalue weighted by molar-refractivity contribution is 5.91. The molecule has 0 saturated heterocycles. The lowest BCUT2D eigenvalue weighted by Crippen LogP contribution is -2.31. The predicted octanol–water partition coefficient (Wildman–Crippen LogP) is 0.432. The molecule has 138 valence electrons. The van der Waals surface area contributed by atoms with Crippen molar-refractivity contribution in [2.75, 3.05) is 13.7 Å². The Bertz CT molecular complexity index is 1040. The molecule has 3 rings (SSSR count). The maximum Gasteiger partial charge on any atom is 0.271 e. The number of carbonyl (C=O) groups is 1. The number of methoxy groups -OCH3 is 1. The van der Waals surface area contributed by atoms with E-state index in [1.165, 1.54) is 29.1 Å². The first kappa shape index (κ1) is 18.1. The lowest BCUT2D eigenvalue weighted by molar-refractivity contribution is 0.0946. The smallest absolute Gasteiger partial charge is 0.271 e. The number of rotatable bonds is 6. The Kier molecular flexibility index (Phi) is 5.41. The van der Waals surface area contributed by atoms with Gasteiger partial charge < -0.3 is 10.1 Å². The lowest BCUT2D eigenvalue weighted by Gasteiger charge is -2.08. The fourth-order valence-electron chi connectivity index (χ4n) is 2.36. The van der Waals surface area contributed by atoms with Crippen molar-refractivity contribution in [1.82, 2.24) is 25.1 Å². The molecule has 27 heavy (non-hydrogen) atoms. The molecule has 2 N–H and O–H groups in total. The molecular formula is C18H17N5O4. The lowest BCUT2D eigenvalue weighted by atomic mass is 10.1. The zero-order valence-electron chi connectivity index (χ0n) is 14.5. The zero-order valence-corrected chi connectivity index (χ0v) is 14.5. The van der Waals surface area contributed by atoms with Crippen LogP contribution in [0.4, 0.5) is 0 Å². The van der Waals surface area contributed by atoms with Gasteiger partial charge in [-0.05, 0) is 30.3 Å². The minimum absolute atomic E-state index is 0.0925. The molecule has 0 bridgehead atoms. The first-order valence-corrected chi connectivity index (χ1v) is 8.11. The number of ether oxygens (including phenoxy) is 1. The van der Waals surface area contributed by atoms with Gasteiger partial charge in [0.2, 0.25) is 0 Å². The van der Waals surface area contributed by atoms with Gasteiger partial charge in [-0.25, -0.2) is 10.1 Å². The summed E-state index contributed by atoms with van der Waals surface area (Å²) in [5, 5.41) is 8.46. The minimum atomic E-state index is -0.442. The van der Waals surface area contributed by atoms with E-state index in [1.54, 1.807) is 19.2 Å². The summed E-state index contributed by atoms with van der Waals surface area (Å²) in [5.41, 5.74) is 0.834. The van der Waals surface area contributed by atoms with E-state index in [1.807, 2.05) is 12.1 Å². The fourth-order valence-corrected chi connectivity index (χ4v) is 2.36. The van der Waals surface area contributed by atoms with E-state index in [0.717, 1.165) is 11.3 Å². The van der Waals surface area contributed by atoms with Gasteiger partial charge in [0.15, 0.2) is 0 Å². The highest BCUT2D eigenvalue weighted by atomic mass is 16.5. The molecule has 0 aliphatic rings. The molecular weight excluding hydrogens is 350 g/mol. The molecule has 0 unspecified atom stereocenters. The van der Waals surface area contributed by atoms with Crippen LogP contribution in [0.1, 0.15) is 10.5 Å². The number of nitrogens with one attached hydrogen (secondary N) is 2. The van der Waals surface area contributed by atoms with E-state index in [0.29, 0.717) is 5.69 Å². The van der Waals surface area contributed by atoms with Gasteiger partial charge in [0.05, 0.1) is 19.1 Å². The quantitative estimate of drug-likeness (QED) is 0.652. The van der Waals surface area contributed by atoms with Gasteiger partial charge in [0, 0.05) is 30.8 Å². The number of aromatic amines is 1. The standard InChI is InChI=1S/C18H17N5O4/c1-27-13-4-2-12(3-5-13)15-10-17(25)23(11-20-15)9-8-19-18(26)14-6-7-16(24)22-21-14/h2-7,10-11H,8-9H2,1H3,(H,19,26)(H,22,24). The van der Waals surface area contributed by atoms with E-state index >= 15 is 0 Å². The zero-order chi connectivity index (χ0) is 19.2. The van der Waals surface area contributed by atoms with Crippen LogP contribution in [0.25, 0.3) is 11.3 Å². The van der Waals surface area contributed by atoms with Gasteiger partial charge in [-0.2, -0.15) is 5.10 Å². The van der Waals surface area contributed by atoms with Crippen LogP contribution in [0, 0.1) is 0 Å². The molecule has 1 aromatic carbocycles. The van der Waals surface area contributed by atoms with Crippen LogP contribution in [0.2, 0.25) is 0 Å². The summed E-state index contributed by atoms with van der Waals surface area (Å²) < 4.78 is 6.50. The molecule has 3 aromatic rings. The number of nitrogens with zero attached hydrogens (tertiary/aromatic N) is 3. The third-order valence-electron chi connectivity index (χ3n) is 3.82. The molecule has 0 radical (unpaired) electrons. The number of aromatic nitrogens is 4. The third kappa shape index (κ3) is 4.46. The normalized spacial score (nSPS) is 10.4. The third-order valence-corrected chi connectivity index (χ3v) is 3.82. The van der Waals surface area contributed by atoms with Crippen LogP contribution in [-0.2, 0) is 6.54 Å². The molecule has 2 heterocycles. The van der Waals surface area contributed by atoms with E-state index in [-0.39, 0.29) is 29.9 Å². The maximum absolute atomic E-state index is 12.3. The number of carbonyl (C=O) groups excluding carboxylic acids is 1. The molecule has 1 amide bonds. The van der Waals surface area contributed by atoms with Crippen LogP contribution >= 0.6 is 0 Å². The number of H-pyrrole nitrogens is 1. The van der Waals surface area contributed by atoms with Gasteiger partial charge >= 0.3 is 0 Å². The van der Waals surface area contributed by atoms with Crippen molar-refractivity contribution < 1.29 is 9.53 Å². The largest absolute Gasteiger partial charge is 0.497 e. The van der Waals surface area contributed by atoms with E-state index < -0.39 is 5.91 Å². The Morgan fingerprint density at radius 3 is 2.59 bits per heavy atom. The molecule has 0 saturated carbocycles. The summed E-state index contributed by atoms with van der Waals surface area (Å²) in [6, 6.07) is 11.2. The Labute approximate surface area is 153 Å². The average molecular weight is 367 g/mol. The number of benzene rings is 1. The van der Waals surface area contributed by atoms with Crippen molar-refractivity contribution >= 4 is 5.91 Å². The van der Waals surface area contributed by atoms with Gasteiger partial charge in [0.25, 0.3) is 17.0 Å². The predicted molar refractivity (Wildman–Crippen MR) is 97.7 cm³/mol. The average Bonchev–Trinajstić information content (AvgIpc) is 2.69. The second-order valence-electron chi connectivity index (χ2n) is 5.60. The molecule has 0 aliphatic heterocycles. The van der Waals surface area contributed by atoms with Crippen LogP contribution in [0.3, 0.4) is 0 Å². The van der Waals surface area contributed by atoms with Crippen molar-refractivity contribution in [1.29, 1.82) is 0 Å². The molecule has 0 aliphatic carbocycles. The van der Waals surface area contributed by atoms with Crippen molar-refractivity contribution in [3.63, 3.8) is 0 Å². The molecule has 0 spiro atoms. The molecule has 2 aromatic heterocycles. The van der Waals surface area contributed by atoms with E-state index in [4.69, 9.17) is 4.74 Å². The topological polar surface area (TPSA) is 119 Å². The molecule has 9 nitrogen and oxygen atoms in total. The second kappa shape index (κ2) is 8.09. The fraction of sp³-hybridized carbons (Fsp3) is 0.167. The van der Waals surface area contributed by atoms with Crippen LogP contribution in [0.15, 0.2) is 58.4 Å². The second-order valence-corrected chi connectivity index (χ2v) is 5.60. The summed E-state index contributed by atoms with van der Waals surface area (Å²) in [5.74, 6) is 0.280. The molecule has 0 fully saturated rings. The summed E-state index contributed by atoms with van der Waals surface area (Å²) in [4.78, 5) is 39.4. The van der Waals surface area contributed by atoms with Crippen molar-refractivity contribution in [2.24, 2.45) is 0 Å². The van der Waals surface area contributed by atoms with Crippen molar-refractivity contribution in [2.45, 2.75) is 6.54 Å². The number of hydrogen-bond donors (Lipinski definition) is 2. The highest BCUT2D eigenvalue weighted by Crippen LogP contribution is 2.19. The molecule has 9 heteroatoms. The number of amides is 1. The first-order valence-electron chi connectivity index (χ1n) is 8.11. The SMILES string of the molecule is COc1ccc(-c2cc(=O)n(CCNC(=O)c3ccc(=O)[nH]n3)cn2)cc1. The Hall–Kier alpha value is -3.75.